The fourth-order valence-corrected chi connectivity index (χ4v) is 5.79. The standard InChI is InChI=1S/C31H36F4N6O3/c1-17-13-40(9-8-38(17)4)24-11-23(32)27(20-6-7-25(36-12-20)41-14-18(2)44-19(3)15-41)28(33)29(24)37-31(43)22-16-39(5)26(42)10-21(22)30(34)35/h6-7,10-12,16-19,30H,8-9,13-15H2,1-5H3,(H,37,43)/t17-,18-,19+/m0/s1. The fourth-order valence-electron chi connectivity index (χ4n) is 5.79. The fraction of sp³-hybridized carbons (Fsp3) is 0.452. The maximum atomic E-state index is 16.5. The third-order valence-corrected chi connectivity index (χ3v) is 8.26. The lowest BCUT2D eigenvalue weighted by molar-refractivity contribution is -0.00546. The molecule has 3 atom stereocenters. The molecule has 0 radical (unpaired) electrons. The molecule has 1 N–H and O–H groups in total. The van der Waals surface area contributed by atoms with Crippen molar-refractivity contribution < 1.29 is 27.1 Å². The Kier molecular flexibility index (Phi) is 8.98. The van der Waals surface area contributed by atoms with Crippen LogP contribution in [0.15, 0.2) is 41.5 Å². The van der Waals surface area contributed by atoms with E-state index in [1.165, 1.54) is 13.2 Å². The van der Waals surface area contributed by atoms with Gasteiger partial charge >= 0.3 is 0 Å². The predicted molar refractivity (Wildman–Crippen MR) is 161 cm³/mol. The predicted octanol–water partition coefficient (Wildman–Crippen LogP) is 4.67. The molecule has 1 amide bonds. The van der Waals surface area contributed by atoms with E-state index in [0.29, 0.717) is 44.6 Å². The first kappa shape index (κ1) is 31.5. The van der Waals surface area contributed by atoms with E-state index in [9.17, 15) is 18.4 Å². The van der Waals surface area contributed by atoms with Crippen LogP contribution in [0.1, 0.15) is 43.1 Å². The number of nitrogens with one attached hydrogen (secondary N) is 1. The van der Waals surface area contributed by atoms with Gasteiger partial charge in [0, 0.05) is 81.5 Å². The number of aryl methyl sites for hydroxylation is 1. The average molecular weight is 617 g/mol. The molecule has 4 heterocycles. The summed E-state index contributed by atoms with van der Waals surface area (Å²) in [6.07, 6.45) is -0.798. The lowest BCUT2D eigenvalue weighted by atomic mass is 10.0. The van der Waals surface area contributed by atoms with Gasteiger partial charge in [0.15, 0.2) is 5.82 Å². The largest absolute Gasteiger partial charge is 0.372 e. The highest BCUT2D eigenvalue weighted by Gasteiger charge is 2.30. The van der Waals surface area contributed by atoms with Gasteiger partial charge in [-0.3, -0.25) is 9.59 Å². The van der Waals surface area contributed by atoms with Crippen molar-refractivity contribution in [1.82, 2.24) is 14.5 Å². The number of carbonyl (C=O) groups is 1. The molecule has 0 spiro atoms. The minimum Gasteiger partial charge on any atom is -0.372 e. The summed E-state index contributed by atoms with van der Waals surface area (Å²) in [5, 5.41) is 2.44. The maximum absolute atomic E-state index is 16.5. The van der Waals surface area contributed by atoms with E-state index >= 15 is 8.78 Å². The number of rotatable bonds is 6. The van der Waals surface area contributed by atoms with Crippen molar-refractivity contribution in [3.63, 3.8) is 0 Å². The molecular formula is C31H36F4N6O3. The van der Waals surface area contributed by atoms with Gasteiger partial charge in [-0.2, -0.15) is 0 Å². The summed E-state index contributed by atoms with van der Waals surface area (Å²) in [7, 11) is 3.26. The highest BCUT2D eigenvalue weighted by atomic mass is 19.3. The number of hydrogen-bond acceptors (Lipinski definition) is 7. The Morgan fingerprint density at radius 2 is 1.73 bits per heavy atom. The summed E-state index contributed by atoms with van der Waals surface area (Å²) < 4.78 is 66.7. The number of morpholine rings is 1. The van der Waals surface area contributed by atoms with Gasteiger partial charge in [-0.25, -0.2) is 22.5 Å². The van der Waals surface area contributed by atoms with E-state index in [-0.39, 0.29) is 35.2 Å². The number of piperazine rings is 1. The number of alkyl halides is 2. The number of pyridine rings is 2. The van der Waals surface area contributed by atoms with Crippen LogP contribution in [0.25, 0.3) is 11.1 Å². The van der Waals surface area contributed by atoms with Crippen LogP contribution in [0.3, 0.4) is 0 Å². The number of benzene rings is 1. The molecule has 0 unspecified atom stereocenters. The first-order chi connectivity index (χ1) is 20.8. The number of halogens is 4. The Balaban J connectivity index is 1.57. The third kappa shape index (κ3) is 6.29. The molecule has 2 aliphatic heterocycles. The van der Waals surface area contributed by atoms with Crippen molar-refractivity contribution in [2.24, 2.45) is 7.05 Å². The van der Waals surface area contributed by atoms with E-state index in [1.54, 1.807) is 17.0 Å². The second-order valence-electron chi connectivity index (χ2n) is 11.6. The number of carbonyl (C=O) groups excluding carboxylic acids is 1. The molecule has 2 aromatic heterocycles. The molecule has 0 aliphatic carbocycles. The summed E-state index contributed by atoms with van der Waals surface area (Å²) in [6, 6.07) is 5.10. The maximum Gasteiger partial charge on any atom is 0.264 e. The van der Waals surface area contributed by atoms with E-state index in [1.807, 2.05) is 32.7 Å². The SMILES string of the molecule is C[C@@H]1CN(c2ccc(-c3c(F)cc(N4CCN(C)[C@@H](C)C4)c(NC(=O)c4cn(C)c(=O)cc4C(F)F)c3F)cn2)C[C@H](C)O1. The van der Waals surface area contributed by atoms with Gasteiger partial charge in [0.05, 0.1) is 29.0 Å². The monoisotopic (exact) mass is 616 g/mol. The second-order valence-corrected chi connectivity index (χ2v) is 11.6. The molecule has 2 saturated heterocycles. The van der Waals surface area contributed by atoms with E-state index < -0.39 is 46.2 Å². The van der Waals surface area contributed by atoms with Crippen LogP contribution in [0.5, 0.6) is 0 Å². The van der Waals surface area contributed by atoms with Crippen LogP contribution in [-0.4, -0.2) is 78.4 Å². The first-order valence-electron chi connectivity index (χ1n) is 14.5. The summed E-state index contributed by atoms with van der Waals surface area (Å²) in [5.41, 5.74) is -2.54. The smallest absolute Gasteiger partial charge is 0.264 e. The van der Waals surface area contributed by atoms with Crippen molar-refractivity contribution >= 4 is 23.1 Å². The Morgan fingerprint density at radius 3 is 2.34 bits per heavy atom. The van der Waals surface area contributed by atoms with Crippen molar-refractivity contribution in [3.8, 4) is 11.1 Å². The molecule has 0 saturated carbocycles. The lowest BCUT2D eigenvalue weighted by Gasteiger charge is -2.40. The normalized spacial score (nSPS) is 21.2. The van der Waals surface area contributed by atoms with Crippen LogP contribution < -0.4 is 20.7 Å². The molecule has 13 heteroatoms. The molecule has 0 bridgehead atoms. The molecule has 236 valence electrons. The molecule has 2 aliphatic rings. The Morgan fingerprint density at radius 1 is 1.02 bits per heavy atom. The summed E-state index contributed by atoms with van der Waals surface area (Å²) in [4.78, 5) is 35.8. The lowest BCUT2D eigenvalue weighted by Crippen LogP contribution is -2.50. The van der Waals surface area contributed by atoms with Crippen molar-refractivity contribution in [2.75, 3.05) is 54.9 Å². The van der Waals surface area contributed by atoms with Gasteiger partial charge < -0.3 is 29.3 Å². The molecular weight excluding hydrogens is 580 g/mol. The van der Waals surface area contributed by atoms with Crippen LogP contribution in [0.2, 0.25) is 0 Å². The highest BCUT2D eigenvalue weighted by molar-refractivity contribution is 6.07. The number of amides is 1. The highest BCUT2D eigenvalue weighted by Crippen LogP contribution is 2.39. The molecule has 2 fully saturated rings. The van der Waals surface area contributed by atoms with Crippen LogP contribution >= 0.6 is 0 Å². The Bertz CT molecular complexity index is 1590. The molecule has 5 rings (SSSR count). The molecule has 9 nitrogen and oxygen atoms in total. The van der Waals surface area contributed by atoms with Crippen LogP contribution in [-0.2, 0) is 11.8 Å². The Labute approximate surface area is 253 Å². The second kappa shape index (κ2) is 12.6. The zero-order valence-electron chi connectivity index (χ0n) is 25.3. The number of hydrogen-bond donors (Lipinski definition) is 1. The van der Waals surface area contributed by atoms with Crippen molar-refractivity contribution in [2.45, 2.75) is 45.4 Å². The van der Waals surface area contributed by atoms with Crippen LogP contribution in [0, 0.1) is 11.6 Å². The number of likely N-dealkylation sites (N-methyl/N-ethyl adjacent to an activating group) is 1. The molecule has 44 heavy (non-hydrogen) atoms. The van der Waals surface area contributed by atoms with E-state index in [2.05, 4.69) is 15.2 Å². The zero-order valence-corrected chi connectivity index (χ0v) is 25.3. The Hall–Kier alpha value is -3.97. The number of anilines is 3. The third-order valence-electron chi connectivity index (χ3n) is 8.26. The minimum atomic E-state index is -3.13. The quantitative estimate of drug-likeness (QED) is 0.403. The minimum absolute atomic E-state index is 0.0104. The van der Waals surface area contributed by atoms with Gasteiger partial charge in [0.2, 0.25) is 0 Å². The summed E-state index contributed by atoms with van der Waals surface area (Å²) in [5.74, 6) is -2.35. The zero-order chi connectivity index (χ0) is 31.9. The van der Waals surface area contributed by atoms with Crippen molar-refractivity contribution in [1.29, 1.82) is 0 Å². The average Bonchev–Trinajstić information content (AvgIpc) is 2.96. The summed E-state index contributed by atoms with van der Waals surface area (Å²) in [6.45, 7) is 8.52. The topological polar surface area (TPSA) is 82.9 Å². The van der Waals surface area contributed by atoms with Gasteiger partial charge in [0.25, 0.3) is 17.9 Å². The van der Waals surface area contributed by atoms with Gasteiger partial charge in [-0.1, -0.05) is 0 Å². The van der Waals surface area contributed by atoms with Gasteiger partial charge in [0.1, 0.15) is 17.3 Å². The van der Waals surface area contributed by atoms with Crippen molar-refractivity contribution in [3.05, 3.63) is 69.8 Å². The molecule has 1 aromatic carbocycles. The number of aromatic nitrogens is 2. The van der Waals surface area contributed by atoms with Crippen LogP contribution in [0.4, 0.5) is 34.8 Å². The van der Waals surface area contributed by atoms with Gasteiger partial charge in [-0.05, 0) is 40.0 Å². The summed E-state index contributed by atoms with van der Waals surface area (Å²) >= 11 is 0. The number of nitrogens with zero attached hydrogens (tertiary/aromatic N) is 5. The molecule has 3 aromatic rings. The number of ether oxygens (including phenoxy) is 1. The van der Waals surface area contributed by atoms with E-state index in [0.717, 1.165) is 16.8 Å². The van der Waals surface area contributed by atoms with E-state index in [4.69, 9.17) is 4.74 Å². The van der Waals surface area contributed by atoms with Gasteiger partial charge in [-0.15, -0.1) is 0 Å². The first-order valence-corrected chi connectivity index (χ1v) is 14.5.